The zero-order valence-electron chi connectivity index (χ0n) is 14.7. The Labute approximate surface area is 157 Å². The summed E-state index contributed by atoms with van der Waals surface area (Å²) in [6.45, 7) is 0. The maximum Gasteiger partial charge on any atom is 0.265 e. The number of nitrogens with one attached hydrogen (secondary N) is 1. The van der Waals surface area contributed by atoms with E-state index in [-0.39, 0.29) is 22.6 Å². The molecule has 1 aliphatic carbocycles. The molecular formula is C20H21N3O2S. The van der Waals surface area contributed by atoms with Crippen molar-refractivity contribution in [2.45, 2.75) is 38.1 Å². The van der Waals surface area contributed by atoms with E-state index < -0.39 is 5.91 Å². The smallest absolute Gasteiger partial charge is 0.265 e. The fourth-order valence-corrected chi connectivity index (χ4v) is 4.31. The molecule has 1 aromatic heterocycles. The quantitative estimate of drug-likeness (QED) is 0.504. The molecule has 0 unspecified atom stereocenters. The number of fused-ring (bicyclic) bond motifs is 1. The lowest BCUT2D eigenvalue weighted by atomic mass is 9.93. The molecule has 4 rings (SSSR count). The Morgan fingerprint density at radius 3 is 2.65 bits per heavy atom. The fraction of sp³-hybridized carbons (Fsp3) is 0.350. The van der Waals surface area contributed by atoms with E-state index in [4.69, 9.17) is 12.2 Å². The van der Waals surface area contributed by atoms with Crippen LogP contribution >= 0.6 is 12.2 Å². The summed E-state index contributed by atoms with van der Waals surface area (Å²) in [6, 6.07) is 8.03. The second-order valence-corrected chi connectivity index (χ2v) is 7.38. The van der Waals surface area contributed by atoms with Crippen molar-refractivity contribution in [2.24, 2.45) is 7.05 Å². The molecule has 1 saturated carbocycles. The summed E-state index contributed by atoms with van der Waals surface area (Å²) < 4.78 is 2.00. The predicted molar refractivity (Wildman–Crippen MR) is 105 cm³/mol. The summed E-state index contributed by atoms with van der Waals surface area (Å²) in [6.07, 6.45) is 8.87. The molecule has 1 aromatic carbocycles. The first-order valence-electron chi connectivity index (χ1n) is 9.01. The van der Waals surface area contributed by atoms with Crippen molar-refractivity contribution >= 4 is 46.1 Å². The molecule has 134 valence electrons. The van der Waals surface area contributed by atoms with Gasteiger partial charge in [-0.3, -0.25) is 19.8 Å². The second-order valence-electron chi connectivity index (χ2n) is 7.00. The highest BCUT2D eigenvalue weighted by Crippen LogP contribution is 2.28. The van der Waals surface area contributed by atoms with Crippen LogP contribution in [0.2, 0.25) is 0 Å². The molecular weight excluding hydrogens is 346 g/mol. The lowest BCUT2D eigenvalue weighted by Crippen LogP contribution is -2.57. The number of carbonyl (C=O) groups is 2. The van der Waals surface area contributed by atoms with E-state index in [1.807, 2.05) is 42.1 Å². The first-order chi connectivity index (χ1) is 12.6. The van der Waals surface area contributed by atoms with Crippen LogP contribution in [0.25, 0.3) is 17.0 Å². The van der Waals surface area contributed by atoms with Crippen molar-refractivity contribution in [1.82, 2.24) is 14.8 Å². The highest BCUT2D eigenvalue weighted by Gasteiger charge is 2.38. The molecule has 2 aromatic rings. The number of rotatable bonds is 2. The molecule has 0 spiro atoms. The van der Waals surface area contributed by atoms with Gasteiger partial charge in [-0.2, -0.15) is 0 Å². The number of hydrogen-bond acceptors (Lipinski definition) is 3. The third-order valence-corrected chi connectivity index (χ3v) is 5.60. The van der Waals surface area contributed by atoms with Crippen molar-refractivity contribution in [3.05, 3.63) is 41.6 Å². The maximum absolute atomic E-state index is 13.1. The normalized spacial score (nSPS) is 20.9. The number of carbonyl (C=O) groups excluding carboxylic acids is 2. The molecule has 0 bridgehead atoms. The summed E-state index contributed by atoms with van der Waals surface area (Å²) in [5.74, 6) is -0.696. The minimum absolute atomic E-state index is 0.0836. The van der Waals surface area contributed by atoms with E-state index >= 15 is 0 Å². The molecule has 2 fully saturated rings. The zero-order valence-corrected chi connectivity index (χ0v) is 15.5. The summed E-state index contributed by atoms with van der Waals surface area (Å²) in [5, 5.41) is 3.96. The van der Waals surface area contributed by atoms with Crippen molar-refractivity contribution in [2.75, 3.05) is 0 Å². The zero-order chi connectivity index (χ0) is 18.3. The second kappa shape index (κ2) is 6.68. The van der Waals surface area contributed by atoms with Gasteiger partial charge in [0.1, 0.15) is 5.57 Å². The van der Waals surface area contributed by atoms with Crippen LogP contribution in [-0.4, -0.2) is 32.4 Å². The Hall–Kier alpha value is -2.47. The standard InChI is InChI=1S/C20H21N3O2S/c1-22-12-13(15-9-5-6-10-17(15)22)11-16-18(24)21-20(26)23(19(16)25)14-7-3-2-4-8-14/h5-6,9-12,14H,2-4,7-8H2,1H3,(H,21,24,26)/b16-11-. The van der Waals surface area contributed by atoms with Gasteiger partial charge in [0.25, 0.3) is 11.8 Å². The minimum atomic E-state index is -0.417. The van der Waals surface area contributed by atoms with Crippen LogP contribution in [0.5, 0.6) is 0 Å². The molecule has 5 nitrogen and oxygen atoms in total. The van der Waals surface area contributed by atoms with Crippen LogP contribution in [0.4, 0.5) is 0 Å². The lowest BCUT2D eigenvalue weighted by Gasteiger charge is -2.37. The number of aromatic nitrogens is 1. The van der Waals surface area contributed by atoms with Gasteiger partial charge in [0.15, 0.2) is 5.11 Å². The molecule has 6 heteroatoms. The van der Waals surface area contributed by atoms with Crippen LogP contribution in [0.3, 0.4) is 0 Å². The molecule has 1 aliphatic heterocycles. The summed E-state index contributed by atoms with van der Waals surface area (Å²) in [4.78, 5) is 27.2. The van der Waals surface area contributed by atoms with Crippen LogP contribution in [0.1, 0.15) is 37.7 Å². The third-order valence-electron chi connectivity index (χ3n) is 5.30. The fourth-order valence-electron chi connectivity index (χ4n) is 3.99. The number of para-hydroxylation sites is 1. The average molecular weight is 367 g/mol. The largest absolute Gasteiger partial charge is 0.350 e. The van der Waals surface area contributed by atoms with Gasteiger partial charge in [-0.15, -0.1) is 0 Å². The average Bonchev–Trinajstić information content (AvgIpc) is 2.96. The molecule has 1 N–H and O–H groups in total. The first kappa shape index (κ1) is 17.0. The van der Waals surface area contributed by atoms with E-state index in [0.29, 0.717) is 0 Å². The van der Waals surface area contributed by atoms with Gasteiger partial charge in [-0.05, 0) is 37.2 Å². The molecule has 0 radical (unpaired) electrons. The SMILES string of the molecule is Cn1cc(/C=C2/C(=O)NC(=S)N(C3CCCCC3)C2=O)c2ccccc21. The van der Waals surface area contributed by atoms with Crippen molar-refractivity contribution in [3.63, 3.8) is 0 Å². The maximum atomic E-state index is 13.1. The molecule has 2 heterocycles. The van der Waals surface area contributed by atoms with Gasteiger partial charge in [0.2, 0.25) is 0 Å². The highest BCUT2D eigenvalue weighted by atomic mass is 32.1. The van der Waals surface area contributed by atoms with Gasteiger partial charge in [0.05, 0.1) is 0 Å². The lowest BCUT2D eigenvalue weighted by molar-refractivity contribution is -0.130. The Morgan fingerprint density at radius 1 is 1.15 bits per heavy atom. The predicted octanol–water partition coefficient (Wildman–Crippen LogP) is 3.14. The van der Waals surface area contributed by atoms with E-state index in [2.05, 4.69) is 5.32 Å². The Kier molecular flexibility index (Phi) is 4.36. The number of aryl methyl sites for hydroxylation is 1. The number of nitrogens with zero attached hydrogens (tertiary/aromatic N) is 2. The Bertz CT molecular complexity index is 938. The van der Waals surface area contributed by atoms with Crippen molar-refractivity contribution in [3.8, 4) is 0 Å². The molecule has 26 heavy (non-hydrogen) atoms. The van der Waals surface area contributed by atoms with Gasteiger partial charge in [-0.1, -0.05) is 37.5 Å². The van der Waals surface area contributed by atoms with Crippen molar-refractivity contribution in [1.29, 1.82) is 0 Å². The monoisotopic (exact) mass is 367 g/mol. The van der Waals surface area contributed by atoms with Gasteiger partial charge >= 0.3 is 0 Å². The van der Waals surface area contributed by atoms with Crippen molar-refractivity contribution < 1.29 is 9.59 Å². The van der Waals surface area contributed by atoms with E-state index in [0.717, 1.165) is 42.1 Å². The number of thiocarbonyl (C=S) groups is 1. The highest BCUT2D eigenvalue weighted by molar-refractivity contribution is 7.80. The van der Waals surface area contributed by atoms with E-state index in [9.17, 15) is 9.59 Å². The number of benzene rings is 1. The molecule has 2 amide bonds. The van der Waals surface area contributed by atoms with Gasteiger partial charge in [-0.25, -0.2) is 0 Å². The minimum Gasteiger partial charge on any atom is -0.350 e. The molecule has 1 saturated heterocycles. The summed E-state index contributed by atoms with van der Waals surface area (Å²) in [5.41, 5.74) is 2.07. The number of amides is 2. The number of hydrogen-bond donors (Lipinski definition) is 1. The Balaban J connectivity index is 1.74. The van der Waals surface area contributed by atoms with Crippen LogP contribution in [0.15, 0.2) is 36.0 Å². The summed E-state index contributed by atoms with van der Waals surface area (Å²) >= 11 is 5.30. The topological polar surface area (TPSA) is 54.3 Å². The molecule has 2 aliphatic rings. The van der Waals surface area contributed by atoms with Gasteiger partial charge < -0.3 is 4.57 Å². The van der Waals surface area contributed by atoms with Crippen LogP contribution in [-0.2, 0) is 16.6 Å². The van der Waals surface area contributed by atoms with Crippen LogP contribution in [0, 0.1) is 0 Å². The van der Waals surface area contributed by atoms with Crippen LogP contribution < -0.4 is 5.32 Å². The van der Waals surface area contributed by atoms with E-state index in [1.54, 1.807) is 11.0 Å². The van der Waals surface area contributed by atoms with Gasteiger partial charge in [0, 0.05) is 35.8 Å². The van der Waals surface area contributed by atoms with E-state index in [1.165, 1.54) is 6.42 Å². The Morgan fingerprint density at radius 2 is 1.88 bits per heavy atom. The summed E-state index contributed by atoms with van der Waals surface area (Å²) in [7, 11) is 1.95. The first-order valence-corrected chi connectivity index (χ1v) is 9.41. The third kappa shape index (κ3) is 2.84. The molecule has 0 atom stereocenters.